The highest BCUT2D eigenvalue weighted by atomic mass is 16.6. The molecule has 1 aromatic carbocycles. The van der Waals surface area contributed by atoms with Crippen LogP contribution in [0.2, 0.25) is 0 Å². The van der Waals surface area contributed by atoms with Crippen molar-refractivity contribution < 1.29 is 28.6 Å². The van der Waals surface area contributed by atoms with Crippen LogP contribution >= 0.6 is 0 Å². The summed E-state index contributed by atoms with van der Waals surface area (Å²) < 4.78 is 15.6. The van der Waals surface area contributed by atoms with E-state index in [2.05, 4.69) is 4.90 Å². The number of benzene rings is 1. The van der Waals surface area contributed by atoms with Crippen LogP contribution in [-0.2, 0) is 30.3 Å². The van der Waals surface area contributed by atoms with Crippen molar-refractivity contribution >= 4 is 18.0 Å². The molecule has 1 atom stereocenters. The molecule has 0 radical (unpaired) electrons. The quantitative estimate of drug-likeness (QED) is 0.359. The summed E-state index contributed by atoms with van der Waals surface area (Å²) in [5.41, 5.74) is 1.09. The molecule has 0 aliphatic carbocycles. The van der Waals surface area contributed by atoms with Gasteiger partial charge in [0.2, 0.25) is 0 Å². The van der Waals surface area contributed by atoms with Gasteiger partial charge in [-0.1, -0.05) is 24.3 Å². The number of carbonyl (C=O) groups excluding carboxylic acids is 3. The lowest BCUT2D eigenvalue weighted by molar-refractivity contribution is -0.156. The molecule has 0 spiro atoms. The normalized spacial score (nSPS) is 17.2. The van der Waals surface area contributed by atoms with Gasteiger partial charge in [0, 0.05) is 32.2 Å². The lowest BCUT2D eigenvalue weighted by Crippen LogP contribution is -2.54. The van der Waals surface area contributed by atoms with Crippen molar-refractivity contribution in [3.63, 3.8) is 0 Å². The summed E-state index contributed by atoms with van der Waals surface area (Å²) >= 11 is 0. The fourth-order valence-corrected chi connectivity index (χ4v) is 3.66. The first-order valence-electron chi connectivity index (χ1n) is 11.2. The van der Waals surface area contributed by atoms with Crippen LogP contribution in [0.1, 0.15) is 58.6 Å². The third-order valence-electron chi connectivity index (χ3n) is 5.10. The summed E-state index contributed by atoms with van der Waals surface area (Å²) in [5, 5.41) is 0. The third kappa shape index (κ3) is 7.22. The molecule has 1 saturated heterocycles. The maximum absolute atomic E-state index is 12.4. The number of esters is 2. The van der Waals surface area contributed by atoms with Gasteiger partial charge in [-0.15, -0.1) is 0 Å². The summed E-state index contributed by atoms with van der Waals surface area (Å²) in [4.78, 5) is 41.0. The van der Waals surface area contributed by atoms with E-state index in [0.717, 1.165) is 18.7 Å². The van der Waals surface area contributed by atoms with Crippen LogP contribution in [0.5, 0.6) is 0 Å². The molecule has 1 aliphatic heterocycles. The lowest BCUT2D eigenvalue weighted by Gasteiger charge is -2.40. The molecular weight excluding hydrogens is 412 g/mol. The SMILES string of the molecule is CCOC(=O)C(C(=O)OCC)c1ccc(CN2CCN(C(=O)OC(C)(C)C)[C@@H](C)C2)cc1. The zero-order chi connectivity index (χ0) is 23.9. The highest BCUT2D eigenvalue weighted by molar-refractivity contribution is 6.00. The minimum Gasteiger partial charge on any atom is -0.465 e. The van der Waals surface area contributed by atoms with Crippen molar-refractivity contribution in [3.05, 3.63) is 35.4 Å². The van der Waals surface area contributed by atoms with E-state index in [1.165, 1.54) is 0 Å². The van der Waals surface area contributed by atoms with Gasteiger partial charge in [0.05, 0.1) is 13.2 Å². The van der Waals surface area contributed by atoms with E-state index in [0.29, 0.717) is 18.7 Å². The standard InChI is InChI=1S/C24H36N2O6/c1-7-30-21(27)20(22(28)31-8-2)19-11-9-18(10-12-19)16-25-13-14-26(17(3)15-25)23(29)32-24(4,5)6/h9-12,17,20H,7-8,13-16H2,1-6H3/t17-/m0/s1. The van der Waals surface area contributed by atoms with E-state index in [9.17, 15) is 14.4 Å². The monoisotopic (exact) mass is 448 g/mol. The summed E-state index contributed by atoms with van der Waals surface area (Å²) in [6.07, 6.45) is -0.280. The topological polar surface area (TPSA) is 85.4 Å². The molecule has 178 valence electrons. The van der Waals surface area contributed by atoms with E-state index >= 15 is 0 Å². The summed E-state index contributed by atoms with van der Waals surface area (Å²) in [7, 11) is 0. The van der Waals surface area contributed by atoms with Gasteiger partial charge in [-0.2, -0.15) is 0 Å². The van der Waals surface area contributed by atoms with Gasteiger partial charge < -0.3 is 19.1 Å². The molecule has 32 heavy (non-hydrogen) atoms. The first-order valence-corrected chi connectivity index (χ1v) is 11.2. The first-order chi connectivity index (χ1) is 15.1. The van der Waals surface area contributed by atoms with Gasteiger partial charge in [0.25, 0.3) is 0 Å². The second-order valence-electron chi connectivity index (χ2n) is 8.94. The molecular formula is C24H36N2O6. The fourth-order valence-electron chi connectivity index (χ4n) is 3.66. The van der Waals surface area contributed by atoms with Crippen LogP contribution in [-0.4, -0.2) is 72.3 Å². The number of rotatable bonds is 7. The smallest absolute Gasteiger partial charge is 0.410 e. The molecule has 1 aliphatic rings. The molecule has 1 heterocycles. The van der Waals surface area contributed by atoms with E-state index in [1.807, 2.05) is 39.8 Å². The number of nitrogens with zero attached hydrogens (tertiary/aromatic N) is 2. The Hall–Kier alpha value is -2.61. The Balaban J connectivity index is 2.01. The van der Waals surface area contributed by atoms with E-state index in [4.69, 9.17) is 14.2 Å². The number of hydrogen-bond acceptors (Lipinski definition) is 7. The van der Waals surface area contributed by atoms with Gasteiger partial charge in [-0.25, -0.2) is 4.79 Å². The van der Waals surface area contributed by atoms with Crippen LogP contribution in [0.4, 0.5) is 4.79 Å². The average Bonchev–Trinajstić information content (AvgIpc) is 2.68. The molecule has 1 amide bonds. The van der Waals surface area contributed by atoms with Crippen molar-refractivity contribution in [1.82, 2.24) is 9.80 Å². The van der Waals surface area contributed by atoms with Crippen molar-refractivity contribution in [2.75, 3.05) is 32.8 Å². The molecule has 0 saturated carbocycles. The third-order valence-corrected chi connectivity index (χ3v) is 5.10. The van der Waals surface area contributed by atoms with Crippen LogP contribution < -0.4 is 0 Å². The molecule has 0 aromatic heterocycles. The molecule has 0 N–H and O–H groups in total. The number of hydrogen-bond donors (Lipinski definition) is 0. The van der Waals surface area contributed by atoms with Gasteiger partial charge in [-0.3, -0.25) is 14.5 Å². The predicted octanol–water partition coefficient (Wildman–Crippen LogP) is 3.34. The van der Waals surface area contributed by atoms with Crippen molar-refractivity contribution in [3.8, 4) is 0 Å². The summed E-state index contributed by atoms with van der Waals surface area (Å²) in [6, 6.07) is 7.40. The Labute approximate surface area is 190 Å². The van der Waals surface area contributed by atoms with Crippen LogP contribution in [0.25, 0.3) is 0 Å². The minimum atomic E-state index is -1.08. The second-order valence-corrected chi connectivity index (χ2v) is 8.94. The Kier molecular flexibility index (Phi) is 9.07. The van der Waals surface area contributed by atoms with E-state index in [1.54, 1.807) is 30.9 Å². The number of carbonyl (C=O) groups is 3. The van der Waals surface area contributed by atoms with Gasteiger partial charge in [0.15, 0.2) is 5.92 Å². The van der Waals surface area contributed by atoms with Crippen LogP contribution in [0.3, 0.4) is 0 Å². The van der Waals surface area contributed by atoms with Gasteiger partial charge in [0.1, 0.15) is 5.60 Å². The largest absolute Gasteiger partial charge is 0.465 e. The Morgan fingerprint density at radius 3 is 2.03 bits per heavy atom. The molecule has 1 aromatic rings. The van der Waals surface area contributed by atoms with Gasteiger partial charge >= 0.3 is 18.0 Å². The van der Waals surface area contributed by atoms with Crippen molar-refractivity contribution in [2.24, 2.45) is 0 Å². The van der Waals surface area contributed by atoms with Crippen molar-refractivity contribution in [2.45, 2.75) is 65.6 Å². The maximum Gasteiger partial charge on any atom is 0.410 e. The summed E-state index contributed by atoms with van der Waals surface area (Å²) in [5.74, 6) is -2.29. The zero-order valence-corrected chi connectivity index (χ0v) is 20.1. The highest BCUT2D eigenvalue weighted by Gasteiger charge is 2.32. The Morgan fingerprint density at radius 2 is 1.56 bits per heavy atom. The molecule has 0 unspecified atom stereocenters. The number of ether oxygens (including phenoxy) is 3. The molecule has 0 bridgehead atoms. The molecule has 2 rings (SSSR count). The average molecular weight is 449 g/mol. The van der Waals surface area contributed by atoms with E-state index in [-0.39, 0.29) is 25.3 Å². The van der Waals surface area contributed by atoms with Gasteiger partial charge in [-0.05, 0) is 52.7 Å². The lowest BCUT2D eigenvalue weighted by atomic mass is 9.98. The Morgan fingerprint density at radius 1 is 1.00 bits per heavy atom. The fraction of sp³-hybridized carbons (Fsp3) is 0.625. The van der Waals surface area contributed by atoms with E-state index < -0.39 is 23.5 Å². The second kappa shape index (κ2) is 11.3. The molecule has 8 heteroatoms. The van der Waals surface area contributed by atoms with Crippen LogP contribution in [0.15, 0.2) is 24.3 Å². The summed E-state index contributed by atoms with van der Waals surface area (Å²) in [6.45, 7) is 14.2. The molecule has 1 fully saturated rings. The number of piperazine rings is 1. The first kappa shape index (κ1) is 25.6. The maximum atomic E-state index is 12.4. The predicted molar refractivity (Wildman–Crippen MR) is 120 cm³/mol. The number of amides is 1. The van der Waals surface area contributed by atoms with Crippen LogP contribution in [0, 0.1) is 0 Å². The van der Waals surface area contributed by atoms with Crippen molar-refractivity contribution in [1.29, 1.82) is 0 Å². The highest BCUT2D eigenvalue weighted by Crippen LogP contribution is 2.22. The molecule has 8 nitrogen and oxygen atoms in total. The minimum absolute atomic E-state index is 0.0369. The zero-order valence-electron chi connectivity index (χ0n) is 20.1. The Bertz CT molecular complexity index is 769.